The van der Waals surface area contributed by atoms with Gasteiger partial charge >= 0.3 is 0 Å². The highest BCUT2D eigenvalue weighted by Crippen LogP contribution is 2.27. The van der Waals surface area contributed by atoms with Crippen LogP contribution in [0.25, 0.3) is 32.2 Å². The van der Waals surface area contributed by atoms with Crippen molar-refractivity contribution in [3.05, 3.63) is 53.5 Å². The molecule has 0 amide bonds. The van der Waals surface area contributed by atoms with Gasteiger partial charge < -0.3 is 0 Å². The van der Waals surface area contributed by atoms with Crippen LogP contribution in [0.3, 0.4) is 0 Å². The largest absolute Gasteiger partial charge is 0.245 e. The molecule has 0 saturated heterocycles. The summed E-state index contributed by atoms with van der Waals surface area (Å²) in [6.45, 7) is 0. The van der Waals surface area contributed by atoms with Gasteiger partial charge in [0, 0.05) is 17.1 Å². The average Bonchev–Trinajstić information content (AvgIpc) is 3.19. The van der Waals surface area contributed by atoms with Gasteiger partial charge in [-0.2, -0.15) is 0 Å². The van der Waals surface area contributed by atoms with Crippen molar-refractivity contribution in [2.45, 2.75) is 0 Å². The zero-order valence-corrected chi connectivity index (χ0v) is 11.9. The number of benzene rings is 1. The number of hydrogen-bond donors (Lipinski definition) is 0. The number of hydrogen-bond acceptors (Lipinski definition) is 5. The molecular formula is C15H8N3S2. The van der Waals surface area contributed by atoms with E-state index in [1.165, 1.54) is 0 Å². The van der Waals surface area contributed by atoms with Crippen LogP contribution in [0.2, 0.25) is 0 Å². The predicted octanol–water partition coefficient (Wildman–Crippen LogP) is 4.28. The second-order valence-electron chi connectivity index (χ2n) is 4.20. The molecule has 0 aliphatic heterocycles. The second-order valence-corrected chi connectivity index (χ2v) is 6.04. The van der Waals surface area contributed by atoms with Gasteiger partial charge in [0.05, 0.1) is 15.9 Å². The minimum absolute atomic E-state index is 0.795. The summed E-state index contributed by atoms with van der Waals surface area (Å²) < 4.78 is 0. The molecule has 0 spiro atoms. The fraction of sp³-hybridized carbons (Fsp3) is 0. The minimum atomic E-state index is 0.795. The van der Waals surface area contributed by atoms with Gasteiger partial charge in [0.1, 0.15) is 16.9 Å². The van der Waals surface area contributed by atoms with Crippen molar-refractivity contribution in [1.29, 1.82) is 0 Å². The van der Waals surface area contributed by atoms with Gasteiger partial charge in [-0.15, -0.1) is 22.7 Å². The monoisotopic (exact) mass is 294 g/mol. The third kappa shape index (κ3) is 2.01. The maximum Gasteiger partial charge on any atom is 0.123 e. The lowest BCUT2D eigenvalue weighted by molar-refractivity contribution is 1.29. The lowest BCUT2D eigenvalue weighted by atomic mass is 10.2. The van der Waals surface area contributed by atoms with Crippen LogP contribution < -0.4 is 0 Å². The maximum absolute atomic E-state index is 4.66. The van der Waals surface area contributed by atoms with Gasteiger partial charge in [-0.25, -0.2) is 15.0 Å². The Hall–Kier alpha value is -2.11. The Kier molecular flexibility index (Phi) is 2.79. The highest BCUT2D eigenvalue weighted by atomic mass is 32.1. The molecule has 1 radical (unpaired) electrons. The van der Waals surface area contributed by atoms with E-state index in [0.717, 1.165) is 32.2 Å². The summed E-state index contributed by atoms with van der Waals surface area (Å²) >= 11 is 3.26. The Bertz CT molecular complexity index is 783. The molecule has 3 aromatic heterocycles. The molecule has 3 nitrogen and oxygen atoms in total. The summed E-state index contributed by atoms with van der Waals surface area (Å²) in [5.74, 6) is 0. The van der Waals surface area contributed by atoms with Gasteiger partial charge in [0.2, 0.25) is 0 Å². The van der Waals surface area contributed by atoms with Crippen molar-refractivity contribution in [1.82, 2.24) is 15.0 Å². The Morgan fingerprint density at radius 3 is 2.80 bits per heavy atom. The van der Waals surface area contributed by atoms with Crippen molar-refractivity contribution < 1.29 is 0 Å². The first-order valence-corrected chi connectivity index (χ1v) is 7.79. The lowest BCUT2D eigenvalue weighted by Gasteiger charge is -2.02. The van der Waals surface area contributed by atoms with Crippen LogP contribution in [-0.4, -0.2) is 15.0 Å². The molecule has 95 valence electrons. The van der Waals surface area contributed by atoms with E-state index < -0.39 is 0 Å². The van der Waals surface area contributed by atoms with Crippen LogP contribution in [0, 0.1) is 6.20 Å². The van der Waals surface area contributed by atoms with E-state index in [1.54, 1.807) is 22.7 Å². The summed E-state index contributed by atoms with van der Waals surface area (Å²) in [4.78, 5) is 14.4. The number of nitrogens with zero attached hydrogens (tertiary/aromatic N) is 3. The van der Waals surface area contributed by atoms with Crippen LogP contribution in [0.1, 0.15) is 0 Å². The van der Waals surface area contributed by atoms with Gasteiger partial charge in [0.25, 0.3) is 0 Å². The Morgan fingerprint density at radius 1 is 1.00 bits per heavy atom. The molecule has 1 aromatic carbocycles. The smallest absolute Gasteiger partial charge is 0.123 e. The Labute approximate surface area is 123 Å². The van der Waals surface area contributed by atoms with Crippen molar-refractivity contribution >= 4 is 33.7 Å². The first-order chi connectivity index (χ1) is 9.90. The highest BCUT2D eigenvalue weighted by Gasteiger charge is 2.07. The van der Waals surface area contributed by atoms with E-state index in [-0.39, 0.29) is 0 Å². The molecule has 0 atom stereocenters. The summed E-state index contributed by atoms with van der Waals surface area (Å²) in [5.41, 5.74) is 3.60. The van der Waals surface area contributed by atoms with Crippen LogP contribution in [0.5, 0.6) is 0 Å². The van der Waals surface area contributed by atoms with E-state index in [2.05, 4.69) is 21.1 Å². The molecule has 0 fully saturated rings. The lowest BCUT2D eigenvalue weighted by Crippen LogP contribution is -1.88. The number of aromatic nitrogens is 3. The van der Waals surface area contributed by atoms with E-state index in [0.29, 0.717) is 0 Å². The first kappa shape index (κ1) is 11.7. The summed E-state index contributed by atoms with van der Waals surface area (Å²) in [7, 11) is 0. The third-order valence-corrected chi connectivity index (χ3v) is 4.62. The zero-order chi connectivity index (χ0) is 13.4. The van der Waals surface area contributed by atoms with Crippen LogP contribution >= 0.6 is 22.7 Å². The molecule has 4 aromatic rings. The predicted molar refractivity (Wildman–Crippen MR) is 82.8 cm³/mol. The molecule has 0 aliphatic carbocycles. The molecular weight excluding hydrogens is 286 g/mol. The van der Waals surface area contributed by atoms with Crippen molar-refractivity contribution in [2.75, 3.05) is 0 Å². The zero-order valence-electron chi connectivity index (χ0n) is 10.3. The number of thiophene rings is 1. The minimum Gasteiger partial charge on any atom is -0.245 e. The molecule has 5 heteroatoms. The average molecular weight is 294 g/mol. The normalized spacial score (nSPS) is 11.0. The van der Waals surface area contributed by atoms with Gasteiger partial charge in [0.15, 0.2) is 0 Å². The third-order valence-electron chi connectivity index (χ3n) is 2.92. The fourth-order valence-corrected chi connectivity index (χ4v) is 3.29. The highest BCUT2D eigenvalue weighted by molar-refractivity contribution is 7.13. The molecule has 0 bridgehead atoms. The number of thiazole rings is 1. The Morgan fingerprint density at radius 2 is 2.00 bits per heavy atom. The fourth-order valence-electron chi connectivity index (χ4n) is 1.99. The standard InChI is InChI=1S/C15H8N3S2/c1-2-14(19-6-1)13-9-17-11-4-3-10(8-12(11)18-13)15-16-5-7-20-15/h1-8H. The van der Waals surface area contributed by atoms with Crippen molar-refractivity contribution in [3.63, 3.8) is 0 Å². The molecule has 0 aliphatic rings. The number of fused-ring (bicyclic) bond motifs is 1. The van der Waals surface area contributed by atoms with Gasteiger partial charge in [-0.05, 0) is 29.6 Å². The van der Waals surface area contributed by atoms with E-state index in [4.69, 9.17) is 0 Å². The van der Waals surface area contributed by atoms with E-state index >= 15 is 0 Å². The molecule has 0 N–H and O–H groups in total. The molecule has 4 rings (SSSR count). The summed E-state index contributed by atoms with van der Waals surface area (Å²) in [5, 5.41) is 5.00. The van der Waals surface area contributed by atoms with Crippen molar-refractivity contribution in [3.8, 4) is 21.1 Å². The van der Waals surface area contributed by atoms with E-state index in [9.17, 15) is 0 Å². The summed E-state index contributed by atoms with van der Waals surface area (Å²) in [6.07, 6.45) is 4.82. The van der Waals surface area contributed by atoms with Crippen LogP contribution in [0.4, 0.5) is 0 Å². The SMILES string of the molecule is [c]1nc2ccc(-c3nccs3)cc2nc1-c1cccs1. The van der Waals surface area contributed by atoms with Gasteiger partial charge in [-0.3, -0.25) is 0 Å². The topological polar surface area (TPSA) is 38.7 Å². The summed E-state index contributed by atoms with van der Waals surface area (Å²) in [6, 6.07) is 10.1. The van der Waals surface area contributed by atoms with Gasteiger partial charge in [-0.1, -0.05) is 6.07 Å². The molecule has 20 heavy (non-hydrogen) atoms. The van der Waals surface area contributed by atoms with Crippen LogP contribution in [0.15, 0.2) is 47.3 Å². The quantitative estimate of drug-likeness (QED) is 0.554. The van der Waals surface area contributed by atoms with E-state index in [1.807, 2.05) is 47.3 Å². The second kappa shape index (κ2) is 4.77. The maximum atomic E-state index is 4.66. The number of rotatable bonds is 2. The Balaban J connectivity index is 1.88. The molecule has 0 saturated carbocycles. The first-order valence-electron chi connectivity index (χ1n) is 6.03. The molecule has 3 heterocycles. The van der Waals surface area contributed by atoms with Crippen molar-refractivity contribution in [2.24, 2.45) is 0 Å². The van der Waals surface area contributed by atoms with Crippen LogP contribution in [-0.2, 0) is 0 Å². The molecule has 0 unspecified atom stereocenters.